The largest absolute Gasteiger partial charge is 0.351 e. The first-order valence-corrected chi connectivity index (χ1v) is 6.16. The van der Waals surface area contributed by atoms with Crippen molar-refractivity contribution in [1.82, 2.24) is 10.3 Å². The van der Waals surface area contributed by atoms with Crippen molar-refractivity contribution >= 4 is 5.91 Å². The Morgan fingerprint density at radius 1 is 1.41 bits per heavy atom. The number of pyridine rings is 1. The van der Waals surface area contributed by atoms with Crippen molar-refractivity contribution in [3.8, 4) is 0 Å². The number of nitrogens with one attached hydrogen (secondary N) is 1. The maximum Gasteiger partial charge on any atom is 0.269 e. The molecular formula is C13H17FN2O. The second kappa shape index (κ2) is 5.75. The van der Waals surface area contributed by atoms with Gasteiger partial charge in [-0.25, -0.2) is 4.98 Å². The predicted molar refractivity (Wildman–Crippen MR) is 63.1 cm³/mol. The second-order valence-corrected chi connectivity index (χ2v) is 4.54. The van der Waals surface area contributed by atoms with Crippen molar-refractivity contribution in [2.24, 2.45) is 5.92 Å². The average molecular weight is 236 g/mol. The summed E-state index contributed by atoms with van der Waals surface area (Å²) in [6, 6.07) is 4.25. The van der Waals surface area contributed by atoms with Crippen LogP contribution in [0.4, 0.5) is 4.39 Å². The lowest BCUT2D eigenvalue weighted by Gasteiger charge is -2.09. The fraction of sp³-hybridized carbons (Fsp3) is 0.538. The Kier molecular flexibility index (Phi) is 4.07. The number of aromatic nitrogens is 1. The molecule has 1 N–H and O–H groups in total. The highest BCUT2D eigenvalue weighted by molar-refractivity contribution is 5.92. The van der Waals surface area contributed by atoms with Gasteiger partial charge in [0, 0.05) is 6.54 Å². The summed E-state index contributed by atoms with van der Waals surface area (Å²) in [5.74, 6) is -0.160. The molecule has 0 radical (unpaired) electrons. The van der Waals surface area contributed by atoms with Gasteiger partial charge < -0.3 is 5.32 Å². The van der Waals surface area contributed by atoms with E-state index in [1.54, 1.807) is 0 Å². The maximum atomic E-state index is 12.8. The zero-order valence-corrected chi connectivity index (χ0v) is 9.79. The van der Waals surface area contributed by atoms with Gasteiger partial charge in [0.15, 0.2) is 0 Å². The van der Waals surface area contributed by atoms with Gasteiger partial charge in [-0.1, -0.05) is 31.7 Å². The third-order valence-electron chi connectivity index (χ3n) is 3.26. The Bertz CT molecular complexity index is 389. The minimum atomic E-state index is -0.617. The lowest BCUT2D eigenvalue weighted by atomic mass is 10.0. The van der Waals surface area contributed by atoms with Crippen LogP contribution in [0.2, 0.25) is 0 Å². The molecule has 0 spiro atoms. The monoisotopic (exact) mass is 236 g/mol. The van der Waals surface area contributed by atoms with Crippen LogP contribution in [-0.4, -0.2) is 17.4 Å². The van der Waals surface area contributed by atoms with Crippen LogP contribution in [0.3, 0.4) is 0 Å². The molecule has 1 heterocycles. The van der Waals surface area contributed by atoms with Gasteiger partial charge in [-0.15, -0.1) is 0 Å². The molecule has 0 unspecified atom stereocenters. The lowest BCUT2D eigenvalue weighted by molar-refractivity contribution is 0.0945. The SMILES string of the molecule is O=C(NCCC1CCCC1)c1cccc(F)n1. The van der Waals surface area contributed by atoms with Crippen molar-refractivity contribution in [2.75, 3.05) is 6.54 Å². The number of hydrogen-bond donors (Lipinski definition) is 1. The quantitative estimate of drug-likeness (QED) is 0.816. The minimum absolute atomic E-state index is 0.149. The van der Waals surface area contributed by atoms with Gasteiger partial charge >= 0.3 is 0 Å². The van der Waals surface area contributed by atoms with Gasteiger partial charge in [-0.3, -0.25) is 4.79 Å². The summed E-state index contributed by atoms with van der Waals surface area (Å²) in [4.78, 5) is 15.2. The van der Waals surface area contributed by atoms with Crippen LogP contribution in [0.5, 0.6) is 0 Å². The lowest BCUT2D eigenvalue weighted by Crippen LogP contribution is -2.26. The topological polar surface area (TPSA) is 42.0 Å². The van der Waals surface area contributed by atoms with Crippen LogP contribution < -0.4 is 5.32 Å². The third kappa shape index (κ3) is 3.51. The number of hydrogen-bond acceptors (Lipinski definition) is 2. The molecule has 1 fully saturated rings. The molecule has 1 aromatic rings. The Balaban J connectivity index is 1.77. The van der Waals surface area contributed by atoms with Gasteiger partial charge in [0.25, 0.3) is 5.91 Å². The van der Waals surface area contributed by atoms with Crippen LogP contribution in [0.25, 0.3) is 0 Å². The molecule has 4 heteroatoms. The number of amides is 1. The molecule has 3 nitrogen and oxygen atoms in total. The standard InChI is InChI=1S/C13H17FN2O/c14-12-7-3-6-11(16-12)13(17)15-9-8-10-4-1-2-5-10/h3,6-7,10H,1-2,4-5,8-9H2,(H,15,17). The molecule has 0 aromatic carbocycles. The fourth-order valence-corrected chi connectivity index (χ4v) is 2.31. The number of rotatable bonds is 4. The molecule has 1 aliphatic rings. The molecule has 0 aliphatic heterocycles. The van der Waals surface area contributed by atoms with E-state index in [4.69, 9.17) is 0 Å². The van der Waals surface area contributed by atoms with Gasteiger partial charge in [0.05, 0.1) is 0 Å². The van der Waals surface area contributed by atoms with E-state index >= 15 is 0 Å². The summed E-state index contributed by atoms with van der Waals surface area (Å²) in [5, 5.41) is 2.78. The third-order valence-corrected chi connectivity index (χ3v) is 3.26. The summed E-state index contributed by atoms with van der Waals surface area (Å²) in [6.45, 7) is 0.654. The molecule has 0 atom stereocenters. The van der Waals surface area contributed by atoms with E-state index < -0.39 is 5.95 Å². The molecule has 0 bridgehead atoms. The van der Waals surface area contributed by atoms with Gasteiger partial charge in [0.2, 0.25) is 5.95 Å². The second-order valence-electron chi connectivity index (χ2n) is 4.54. The van der Waals surface area contributed by atoms with Crippen LogP contribution in [0, 0.1) is 11.9 Å². The van der Waals surface area contributed by atoms with Crippen LogP contribution >= 0.6 is 0 Å². The van der Waals surface area contributed by atoms with Crippen molar-refractivity contribution < 1.29 is 9.18 Å². The highest BCUT2D eigenvalue weighted by atomic mass is 19.1. The Morgan fingerprint density at radius 2 is 2.18 bits per heavy atom. The molecule has 17 heavy (non-hydrogen) atoms. The van der Waals surface area contributed by atoms with Crippen molar-refractivity contribution in [3.05, 3.63) is 29.8 Å². The normalized spacial score (nSPS) is 16.1. The summed E-state index contributed by atoms with van der Waals surface area (Å²) in [7, 11) is 0. The van der Waals surface area contributed by atoms with Crippen molar-refractivity contribution in [1.29, 1.82) is 0 Å². The molecular weight excluding hydrogens is 219 g/mol. The predicted octanol–water partition coefficient (Wildman–Crippen LogP) is 2.53. The highest BCUT2D eigenvalue weighted by Crippen LogP contribution is 2.26. The molecule has 1 saturated carbocycles. The molecule has 0 saturated heterocycles. The smallest absolute Gasteiger partial charge is 0.269 e. The van der Waals surface area contributed by atoms with E-state index in [1.165, 1.54) is 43.9 Å². The number of carbonyl (C=O) groups excluding carboxylic acids is 1. The van der Waals surface area contributed by atoms with Gasteiger partial charge in [0.1, 0.15) is 5.69 Å². The Morgan fingerprint density at radius 3 is 2.88 bits per heavy atom. The number of carbonyl (C=O) groups is 1. The van der Waals surface area contributed by atoms with E-state index in [0.717, 1.165) is 12.3 Å². The van der Waals surface area contributed by atoms with Crippen LogP contribution in [0.15, 0.2) is 18.2 Å². The first kappa shape index (κ1) is 12.0. The Hall–Kier alpha value is -1.45. The van der Waals surface area contributed by atoms with E-state index in [-0.39, 0.29) is 11.6 Å². The Labute approximate surface area is 100 Å². The first-order chi connectivity index (χ1) is 8.25. The van der Waals surface area contributed by atoms with E-state index in [0.29, 0.717) is 6.54 Å². The average Bonchev–Trinajstić information content (AvgIpc) is 2.82. The zero-order valence-electron chi connectivity index (χ0n) is 9.79. The van der Waals surface area contributed by atoms with Gasteiger partial charge in [-0.2, -0.15) is 4.39 Å². The zero-order chi connectivity index (χ0) is 12.1. The molecule has 2 rings (SSSR count). The number of halogens is 1. The summed E-state index contributed by atoms with van der Waals surface area (Å²) in [6.07, 6.45) is 6.18. The van der Waals surface area contributed by atoms with E-state index in [1.807, 2.05) is 0 Å². The maximum absolute atomic E-state index is 12.8. The van der Waals surface area contributed by atoms with Gasteiger partial charge in [-0.05, 0) is 24.5 Å². The summed E-state index contributed by atoms with van der Waals surface area (Å²) < 4.78 is 12.8. The molecule has 1 aromatic heterocycles. The molecule has 92 valence electrons. The summed E-state index contributed by atoms with van der Waals surface area (Å²) in [5.41, 5.74) is 0.149. The molecule has 1 amide bonds. The highest BCUT2D eigenvalue weighted by Gasteiger charge is 2.15. The van der Waals surface area contributed by atoms with Crippen molar-refractivity contribution in [2.45, 2.75) is 32.1 Å². The van der Waals surface area contributed by atoms with E-state index in [9.17, 15) is 9.18 Å². The van der Waals surface area contributed by atoms with Crippen molar-refractivity contribution in [3.63, 3.8) is 0 Å². The summed E-state index contributed by atoms with van der Waals surface area (Å²) >= 11 is 0. The van der Waals surface area contributed by atoms with Crippen LogP contribution in [-0.2, 0) is 0 Å². The van der Waals surface area contributed by atoms with E-state index in [2.05, 4.69) is 10.3 Å². The van der Waals surface area contributed by atoms with Crippen LogP contribution in [0.1, 0.15) is 42.6 Å². The number of nitrogens with zero attached hydrogens (tertiary/aromatic N) is 1. The minimum Gasteiger partial charge on any atom is -0.351 e. The first-order valence-electron chi connectivity index (χ1n) is 6.16. The molecule has 1 aliphatic carbocycles. The fourth-order valence-electron chi connectivity index (χ4n) is 2.31.